The second-order valence-corrected chi connectivity index (χ2v) is 3.53. The second kappa shape index (κ2) is 4.73. The van der Waals surface area contributed by atoms with E-state index in [1.165, 1.54) is 0 Å². The number of H-pyrrole nitrogens is 1. The number of carbonyl (C=O) groups is 1. The lowest BCUT2D eigenvalue weighted by Gasteiger charge is -2.00. The topological polar surface area (TPSA) is 101 Å². The molecule has 0 saturated carbocycles. The van der Waals surface area contributed by atoms with Gasteiger partial charge in [-0.3, -0.25) is 9.48 Å². The van der Waals surface area contributed by atoms with Gasteiger partial charge in [-0.2, -0.15) is 10.3 Å². The SMILES string of the molecule is CCc1nn(C)cc1C(=O)NCc1nn[nH]n1. The Morgan fingerprint density at radius 2 is 2.41 bits per heavy atom. The van der Waals surface area contributed by atoms with Gasteiger partial charge in [-0.15, -0.1) is 10.2 Å². The molecular formula is C9H13N7O. The summed E-state index contributed by atoms with van der Waals surface area (Å²) < 4.78 is 1.63. The number of tetrazole rings is 1. The van der Waals surface area contributed by atoms with Crippen LogP contribution >= 0.6 is 0 Å². The van der Waals surface area contributed by atoms with Gasteiger partial charge in [0, 0.05) is 13.2 Å². The van der Waals surface area contributed by atoms with Crippen LogP contribution in [0, 0.1) is 0 Å². The van der Waals surface area contributed by atoms with Crippen LogP contribution in [0.4, 0.5) is 0 Å². The predicted octanol–water partition coefficient (Wildman–Crippen LogP) is -0.574. The highest BCUT2D eigenvalue weighted by Crippen LogP contribution is 2.06. The Bertz CT molecular complexity index is 501. The van der Waals surface area contributed by atoms with Gasteiger partial charge >= 0.3 is 0 Å². The first-order chi connectivity index (χ1) is 8.20. The number of aromatic amines is 1. The van der Waals surface area contributed by atoms with Crippen LogP contribution in [0.1, 0.15) is 28.8 Å². The van der Waals surface area contributed by atoms with Crippen LogP contribution in [0.15, 0.2) is 6.20 Å². The maximum absolute atomic E-state index is 11.9. The van der Waals surface area contributed by atoms with Crippen molar-refractivity contribution in [2.24, 2.45) is 7.05 Å². The molecule has 0 atom stereocenters. The summed E-state index contributed by atoms with van der Waals surface area (Å²) in [7, 11) is 1.79. The summed E-state index contributed by atoms with van der Waals surface area (Å²) in [5, 5.41) is 20.1. The highest BCUT2D eigenvalue weighted by Gasteiger charge is 2.14. The van der Waals surface area contributed by atoms with Gasteiger partial charge in [0.2, 0.25) is 0 Å². The summed E-state index contributed by atoms with van der Waals surface area (Å²) in [6, 6.07) is 0. The number of nitrogens with zero attached hydrogens (tertiary/aromatic N) is 5. The third-order valence-corrected chi connectivity index (χ3v) is 2.28. The summed E-state index contributed by atoms with van der Waals surface area (Å²) in [6.07, 6.45) is 2.41. The minimum absolute atomic E-state index is 0.181. The van der Waals surface area contributed by atoms with Crippen LogP contribution in [0.25, 0.3) is 0 Å². The molecule has 17 heavy (non-hydrogen) atoms. The van der Waals surface area contributed by atoms with Crippen molar-refractivity contribution in [3.8, 4) is 0 Å². The number of amides is 1. The highest BCUT2D eigenvalue weighted by molar-refractivity contribution is 5.95. The first-order valence-electron chi connectivity index (χ1n) is 5.23. The minimum Gasteiger partial charge on any atom is -0.344 e. The molecule has 1 amide bonds. The first-order valence-corrected chi connectivity index (χ1v) is 5.23. The van der Waals surface area contributed by atoms with Crippen molar-refractivity contribution in [2.75, 3.05) is 0 Å². The molecule has 0 saturated heterocycles. The van der Waals surface area contributed by atoms with Gasteiger partial charge in [0.25, 0.3) is 5.91 Å². The molecule has 2 N–H and O–H groups in total. The summed E-state index contributed by atoms with van der Waals surface area (Å²) in [6.45, 7) is 2.20. The fraction of sp³-hybridized carbons (Fsp3) is 0.444. The smallest absolute Gasteiger partial charge is 0.255 e. The van der Waals surface area contributed by atoms with E-state index < -0.39 is 0 Å². The monoisotopic (exact) mass is 235 g/mol. The van der Waals surface area contributed by atoms with Crippen LogP contribution in [0.2, 0.25) is 0 Å². The molecule has 8 heteroatoms. The van der Waals surface area contributed by atoms with E-state index in [4.69, 9.17) is 0 Å². The van der Waals surface area contributed by atoms with Crippen molar-refractivity contribution >= 4 is 5.91 Å². The molecule has 2 heterocycles. The van der Waals surface area contributed by atoms with E-state index in [9.17, 15) is 4.79 Å². The molecule has 0 fully saturated rings. The molecule has 2 rings (SSSR count). The number of carbonyl (C=O) groups excluding carboxylic acids is 1. The molecule has 0 bridgehead atoms. The maximum Gasteiger partial charge on any atom is 0.255 e. The molecule has 90 valence electrons. The molecule has 0 spiro atoms. The normalized spacial score (nSPS) is 10.5. The van der Waals surface area contributed by atoms with Crippen molar-refractivity contribution in [1.29, 1.82) is 0 Å². The number of nitrogens with one attached hydrogen (secondary N) is 2. The minimum atomic E-state index is -0.181. The molecule has 0 aliphatic heterocycles. The molecule has 0 aromatic carbocycles. The van der Waals surface area contributed by atoms with E-state index in [1.54, 1.807) is 17.9 Å². The van der Waals surface area contributed by atoms with Crippen molar-refractivity contribution < 1.29 is 4.79 Å². The Balaban J connectivity index is 2.04. The third-order valence-electron chi connectivity index (χ3n) is 2.28. The Labute approximate surface area is 97.4 Å². The summed E-state index contributed by atoms with van der Waals surface area (Å²) in [4.78, 5) is 11.9. The molecular weight excluding hydrogens is 222 g/mol. The van der Waals surface area contributed by atoms with Crippen LogP contribution in [-0.2, 0) is 20.0 Å². The fourth-order valence-corrected chi connectivity index (χ4v) is 1.50. The standard InChI is InChI=1S/C9H13N7O/c1-3-7-6(5-16(2)13-7)9(17)10-4-8-11-14-15-12-8/h5H,3-4H2,1-2H3,(H,10,17)(H,11,12,14,15). The highest BCUT2D eigenvalue weighted by atomic mass is 16.1. The van der Waals surface area contributed by atoms with Crippen molar-refractivity contribution in [3.05, 3.63) is 23.3 Å². The zero-order valence-corrected chi connectivity index (χ0v) is 9.64. The number of hydrogen-bond donors (Lipinski definition) is 2. The van der Waals surface area contributed by atoms with Gasteiger partial charge in [-0.1, -0.05) is 12.1 Å². The van der Waals surface area contributed by atoms with Crippen LogP contribution in [-0.4, -0.2) is 36.3 Å². The summed E-state index contributed by atoms with van der Waals surface area (Å²) in [5.74, 6) is 0.264. The van der Waals surface area contributed by atoms with E-state index in [0.717, 1.165) is 5.69 Å². The first kappa shape index (κ1) is 11.2. The van der Waals surface area contributed by atoms with Crippen molar-refractivity contribution in [1.82, 2.24) is 35.7 Å². The second-order valence-electron chi connectivity index (χ2n) is 3.53. The quantitative estimate of drug-likeness (QED) is 0.738. The molecule has 8 nitrogen and oxygen atoms in total. The third kappa shape index (κ3) is 2.47. The van der Waals surface area contributed by atoms with E-state index in [2.05, 4.69) is 31.0 Å². The molecule has 2 aromatic rings. The lowest BCUT2D eigenvalue weighted by Crippen LogP contribution is -2.24. The van der Waals surface area contributed by atoms with Crippen molar-refractivity contribution in [2.45, 2.75) is 19.9 Å². The summed E-state index contributed by atoms with van der Waals surface area (Å²) in [5.41, 5.74) is 1.36. The zero-order valence-electron chi connectivity index (χ0n) is 9.64. The Morgan fingerprint density at radius 3 is 3.06 bits per heavy atom. The van der Waals surface area contributed by atoms with Crippen molar-refractivity contribution in [3.63, 3.8) is 0 Å². The molecule has 0 aliphatic rings. The van der Waals surface area contributed by atoms with Gasteiger partial charge in [-0.25, -0.2) is 0 Å². The van der Waals surface area contributed by atoms with E-state index in [1.807, 2.05) is 6.92 Å². The predicted molar refractivity (Wildman–Crippen MR) is 57.9 cm³/mol. The van der Waals surface area contributed by atoms with E-state index >= 15 is 0 Å². The van der Waals surface area contributed by atoms with Crippen LogP contribution in [0.5, 0.6) is 0 Å². The Hall–Kier alpha value is -2.25. The van der Waals surface area contributed by atoms with Gasteiger partial charge < -0.3 is 5.32 Å². The maximum atomic E-state index is 11.9. The molecule has 2 aromatic heterocycles. The Morgan fingerprint density at radius 1 is 1.59 bits per heavy atom. The number of aromatic nitrogens is 6. The summed E-state index contributed by atoms with van der Waals surface area (Å²) >= 11 is 0. The average Bonchev–Trinajstić information content (AvgIpc) is 2.94. The molecule has 0 unspecified atom stereocenters. The van der Waals surface area contributed by atoms with Crippen LogP contribution in [0.3, 0.4) is 0 Å². The lowest BCUT2D eigenvalue weighted by atomic mass is 10.2. The van der Waals surface area contributed by atoms with Gasteiger partial charge in [0.15, 0.2) is 5.82 Å². The van der Waals surface area contributed by atoms with Crippen LogP contribution < -0.4 is 5.32 Å². The van der Waals surface area contributed by atoms with E-state index in [-0.39, 0.29) is 12.5 Å². The fourth-order valence-electron chi connectivity index (χ4n) is 1.50. The Kier molecular flexibility index (Phi) is 3.12. The number of hydrogen-bond acceptors (Lipinski definition) is 5. The molecule has 0 radical (unpaired) electrons. The van der Waals surface area contributed by atoms with Gasteiger partial charge in [0.1, 0.15) is 0 Å². The number of rotatable bonds is 4. The van der Waals surface area contributed by atoms with Gasteiger partial charge in [0.05, 0.1) is 17.8 Å². The molecule has 0 aliphatic carbocycles. The average molecular weight is 235 g/mol. The largest absolute Gasteiger partial charge is 0.344 e. The number of aryl methyl sites for hydroxylation is 2. The lowest BCUT2D eigenvalue weighted by molar-refractivity contribution is 0.0949. The van der Waals surface area contributed by atoms with E-state index in [0.29, 0.717) is 17.8 Å². The van der Waals surface area contributed by atoms with Gasteiger partial charge in [-0.05, 0) is 6.42 Å². The zero-order chi connectivity index (χ0) is 12.3.